The normalized spacial score (nSPS) is 16.8. The van der Waals surface area contributed by atoms with Crippen LogP contribution in [0.15, 0.2) is 36.4 Å². The highest BCUT2D eigenvalue weighted by Gasteiger charge is 2.34. The third-order valence-corrected chi connectivity index (χ3v) is 5.05. The predicted octanol–water partition coefficient (Wildman–Crippen LogP) is 3.87. The molecule has 2 aromatic rings. The van der Waals surface area contributed by atoms with E-state index >= 15 is 0 Å². The van der Waals surface area contributed by atoms with Crippen molar-refractivity contribution in [2.45, 2.75) is 19.9 Å². The largest absolute Gasteiger partial charge is 0.396 e. The molecule has 0 aromatic heterocycles. The molecular weight excluding hydrogens is 373 g/mol. The van der Waals surface area contributed by atoms with Gasteiger partial charge in [-0.1, -0.05) is 53.0 Å². The number of nitrogens with zero attached hydrogens (tertiary/aromatic N) is 1. The van der Waals surface area contributed by atoms with Crippen LogP contribution in [0.3, 0.4) is 0 Å². The number of anilines is 2. The second-order valence-corrected chi connectivity index (χ2v) is 7.32. The van der Waals surface area contributed by atoms with Crippen LogP contribution in [-0.4, -0.2) is 23.3 Å². The molecule has 136 valence electrons. The summed E-state index contributed by atoms with van der Waals surface area (Å²) in [5.74, 6) is -0.677. The van der Waals surface area contributed by atoms with Crippen molar-refractivity contribution in [3.63, 3.8) is 0 Å². The van der Waals surface area contributed by atoms with Crippen molar-refractivity contribution in [3.8, 4) is 0 Å². The number of benzene rings is 2. The first kappa shape index (κ1) is 18.5. The molecule has 0 spiro atoms. The van der Waals surface area contributed by atoms with E-state index in [0.717, 1.165) is 5.56 Å². The number of nitrogen functional groups attached to an aromatic ring is 1. The van der Waals surface area contributed by atoms with Crippen LogP contribution in [0.25, 0.3) is 0 Å². The molecule has 7 heteroatoms. The summed E-state index contributed by atoms with van der Waals surface area (Å²) in [5.41, 5.74) is 8.64. The van der Waals surface area contributed by atoms with Gasteiger partial charge in [-0.15, -0.1) is 0 Å². The van der Waals surface area contributed by atoms with E-state index in [1.54, 1.807) is 17.0 Å². The van der Waals surface area contributed by atoms with Gasteiger partial charge in [-0.05, 0) is 24.6 Å². The topological polar surface area (TPSA) is 75.4 Å². The highest BCUT2D eigenvalue weighted by Crippen LogP contribution is 2.31. The predicted molar refractivity (Wildman–Crippen MR) is 104 cm³/mol. The Kier molecular flexibility index (Phi) is 5.39. The highest BCUT2D eigenvalue weighted by atomic mass is 35.5. The van der Waals surface area contributed by atoms with Gasteiger partial charge in [-0.25, -0.2) is 0 Å². The number of aryl methyl sites for hydroxylation is 1. The molecule has 2 amide bonds. The molecule has 1 heterocycles. The van der Waals surface area contributed by atoms with Crippen LogP contribution < -0.4 is 11.1 Å². The molecule has 0 bridgehead atoms. The Morgan fingerprint density at radius 2 is 1.85 bits per heavy atom. The summed E-state index contributed by atoms with van der Waals surface area (Å²) in [7, 11) is 0. The second kappa shape index (κ2) is 7.56. The zero-order valence-corrected chi connectivity index (χ0v) is 15.8. The molecule has 26 heavy (non-hydrogen) atoms. The average molecular weight is 392 g/mol. The summed E-state index contributed by atoms with van der Waals surface area (Å²) < 4.78 is 0. The van der Waals surface area contributed by atoms with Crippen molar-refractivity contribution in [1.29, 1.82) is 0 Å². The Bertz CT molecular complexity index is 829. The number of carbonyl (C=O) groups is 2. The number of nitrogens with two attached hydrogens (primary N) is 1. The SMILES string of the molecule is Cc1ccc(CN2C[C@H](C(=O)Nc3cc(Cl)c(N)c(Cl)c3)CC2=O)cc1. The summed E-state index contributed by atoms with van der Waals surface area (Å²) in [6.45, 7) is 2.90. The van der Waals surface area contributed by atoms with Crippen LogP contribution in [0.1, 0.15) is 17.5 Å². The molecule has 5 nitrogen and oxygen atoms in total. The average Bonchev–Trinajstić information content (AvgIpc) is 2.95. The number of rotatable bonds is 4. The fourth-order valence-corrected chi connectivity index (χ4v) is 3.40. The maximum Gasteiger partial charge on any atom is 0.229 e. The van der Waals surface area contributed by atoms with E-state index in [1.165, 1.54) is 5.56 Å². The van der Waals surface area contributed by atoms with Crippen molar-refractivity contribution in [2.24, 2.45) is 5.92 Å². The van der Waals surface area contributed by atoms with Gasteiger partial charge in [0.25, 0.3) is 0 Å². The van der Waals surface area contributed by atoms with Gasteiger partial charge < -0.3 is 16.0 Å². The molecule has 0 aliphatic carbocycles. The van der Waals surface area contributed by atoms with Crippen LogP contribution in [-0.2, 0) is 16.1 Å². The van der Waals surface area contributed by atoms with Gasteiger partial charge in [-0.3, -0.25) is 9.59 Å². The summed E-state index contributed by atoms with van der Waals surface area (Å²) in [4.78, 5) is 26.5. The Hall–Kier alpha value is -2.24. The van der Waals surface area contributed by atoms with Gasteiger partial charge >= 0.3 is 0 Å². The first-order valence-electron chi connectivity index (χ1n) is 8.22. The van der Waals surface area contributed by atoms with Crippen LogP contribution in [0, 0.1) is 12.8 Å². The Morgan fingerprint density at radius 3 is 2.46 bits per heavy atom. The zero-order valence-electron chi connectivity index (χ0n) is 14.3. The molecule has 3 rings (SSSR count). The van der Waals surface area contributed by atoms with Gasteiger partial charge in [0.05, 0.1) is 21.7 Å². The summed E-state index contributed by atoms with van der Waals surface area (Å²) in [6, 6.07) is 11.1. The molecule has 0 unspecified atom stereocenters. The Labute approximate surface area is 162 Å². The minimum absolute atomic E-state index is 0.0286. The quantitative estimate of drug-likeness (QED) is 0.776. The molecule has 1 aliphatic rings. The smallest absolute Gasteiger partial charge is 0.229 e. The number of halogens is 2. The number of likely N-dealkylation sites (tertiary alicyclic amines) is 1. The number of nitrogens with one attached hydrogen (secondary N) is 1. The Morgan fingerprint density at radius 1 is 1.23 bits per heavy atom. The maximum absolute atomic E-state index is 12.5. The maximum atomic E-state index is 12.5. The van der Waals surface area contributed by atoms with E-state index in [9.17, 15) is 9.59 Å². The third-order valence-electron chi connectivity index (χ3n) is 4.43. The fourth-order valence-electron chi connectivity index (χ4n) is 2.92. The molecule has 1 aliphatic heterocycles. The van der Waals surface area contributed by atoms with Crippen molar-refractivity contribution in [2.75, 3.05) is 17.6 Å². The number of hydrogen-bond donors (Lipinski definition) is 2. The summed E-state index contributed by atoms with van der Waals surface area (Å²) in [6.07, 6.45) is 0.189. The molecule has 2 aromatic carbocycles. The van der Waals surface area contributed by atoms with Crippen LogP contribution in [0.5, 0.6) is 0 Å². The third kappa shape index (κ3) is 4.11. The van der Waals surface area contributed by atoms with Gasteiger partial charge in [-0.2, -0.15) is 0 Å². The fraction of sp³-hybridized carbons (Fsp3) is 0.263. The number of hydrogen-bond acceptors (Lipinski definition) is 3. The van der Waals surface area contributed by atoms with Gasteiger partial charge in [0, 0.05) is 25.2 Å². The van der Waals surface area contributed by atoms with Gasteiger partial charge in [0.1, 0.15) is 0 Å². The van der Waals surface area contributed by atoms with Gasteiger partial charge in [0.15, 0.2) is 0 Å². The van der Waals surface area contributed by atoms with E-state index in [-0.39, 0.29) is 34.0 Å². The highest BCUT2D eigenvalue weighted by molar-refractivity contribution is 6.39. The lowest BCUT2D eigenvalue weighted by Crippen LogP contribution is -2.28. The molecule has 0 radical (unpaired) electrons. The molecule has 3 N–H and O–H groups in total. The standard InChI is InChI=1S/C19H19Cl2N3O2/c1-11-2-4-12(5-3-11)9-24-10-13(6-17(24)25)19(26)23-14-7-15(20)18(22)16(21)8-14/h2-5,7-8,13H,6,9-10,22H2,1H3,(H,23,26)/t13-/m1/s1. The monoisotopic (exact) mass is 391 g/mol. The van der Waals surface area contributed by atoms with E-state index in [2.05, 4.69) is 5.32 Å². The lowest BCUT2D eigenvalue weighted by Gasteiger charge is -2.17. The number of carbonyl (C=O) groups excluding carboxylic acids is 2. The molecule has 1 atom stereocenters. The molecule has 1 saturated heterocycles. The molecular formula is C19H19Cl2N3O2. The van der Waals surface area contributed by atoms with Crippen LogP contribution >= 0.6 is 23.2 Å². The van der Waals surface area contributed by atoms with E-state index in [4.69, 9.17) is 28.9 Å². The van der Waals surface area contributed by atoms with Crippen molar-refractivity contribution < 1.29 is 9.59 Å². The lowest BCUT2D eigenvalue weighted by atomic mass is 10.1. The first-order chi connectivity index (χ1) is 12.3. The summed E-state index contributed by atoms with van der Waals surface area (Å²) >= 11 is 12.0. The number of amides is 2. The van der Waals surface area contributed by atoms with E-state index in [0.29, 0.717) is 18.8 Å². The van der Waals surface area contributed by atoms with Crippen molar-refractivity contribution in [1.82, 2.24) is 4.90 Å². The van der Waals surface area contributed by atoms with Crippen molar-refractivity contribution in [3.05, 3.63) is 57.6 Å². The lowest BCUT2D eigenvalue weighted by molar-refractivity contribution is -0.128. The minimum atomic E-state index is -0.414. The zero-order chi connectivity index (χ0) is 18.8. The van der Waals surface area contributed by atoms with Crippen LogP contribution in [0.4, 0.5) is 11.4 Å². The molecule has 0 saturated carbocycles. The van der Waals surface area contributed by atoms with Crippen LogP contribution in [0.2, 0.25) is 10.0 Å². The Balaban J connectivity index is 1.64. The second-order valence-electron chi connectivity index (χ2n) is 6.50. The molecule has 1 fully saturated rings. The van der Waals surface area contributed by atoms with Crippen molar-refractivity contribution >= 4 is 46.4 Å². The minimum Gasteiger partial charge on any atom is -0.396 e. The first-order valence-corrected chi connectivity index (χ1v) is 8.98. The van der Waals surface area contributed by atoms with E-state index < -0.39 is 5.92 Å². The van der Waals surface area contributed by atoms with E-state index in [1.807, 2.05) is 31.2 Å². The van der Waals surface area contributed by atoms with Gasteiger partial charge in [0.2, 0.25) is 11.8 Å². The summed E-state index contributed by atoms with van der Waals surface area (Å²) in [5, 5.41) is 3.31.